The molecule has 4 heteroatoms. The summed E-state index contributed by atoms with van der Waals surface area (Å²) in [5.41, 5.74) is 16.8. The van der Waals surface area contributed by atoms with Crippen LogP contribution in [0.2, 0.25) is 0 Å². The average molecular weight is 727 g/mol. The van der Waals surface area contributed by atoms with Gasteiger partial charge in [0.2, 0.25) is 0 Å². The molecule has 5 aromatic carbocycles. The van der Waals surface area contributed by atoms with Crippen LogP contribution in [0.4, 0.5) is 34.1 Å². The molecule has 0 fully saturated rings. The Balaban J connectivity index is 1.53. The Kier molecular flexibility index (Phi) is 8.26. The highest BCUT2D eigenvalue weighted by Gasteiger charge is 2.46. The lowest BCUT2D eigenvalue weighted by Crippen LogP contribution is -2.60. The molecule has 2 aliphatic rings. The minimum atomic E-state index is -0.0755. The maximum absolute atomic E-state index is 4.05. The molecule has 0 saturated heterocycles. The number of nitrogens with zero attached hydrogens (tertiary/aromatic N) is 2. The van der Waals surface area contributed by atoms with Gasteiger partial charge in [-0.15, -0.1) is 11.3 Å². The molecule has 0 N–H and O–H groups in total. The highest BCUT2D eigenvalue weighted by Crippen LogP contribution is 2.50. The quantitative estimate of drug-likeness (QED) is 0.167. The van der Waals surface area contributed by atoms with E-state index in [9.17, 15) is 0 Å². The monoisotopic (exact) mass is 726 g/mol. The molecule has 0 spiro atoms. The summed E-state index contributed by atoms with van der Waals surface area (Å²) in [6.45, 7) is 32.1. The number of fused-ring (bicyclic) bond motifs is 6. The zero-order valence-corrected chi connectivity index (χ0v) is 35.2. The van der Waals surface area contributed by atoms with Gasteiger partial charge in [-0.3, -0.25) is 0 Å². The molecule has 0 unspecified atom stereocenters. The lowest BCUT2D eigenvalue weighted by atomic mass is 9.36. The summed E-state index contributed by atoms with van der Waals surface area (Å²) in [5.74, 6) is 0. The van der Waals surface area contributed by atoms with Crippen LogP contribution in [-0.4, -0.2) is 6.71 Å². The summed E-state index contributed by atoms with van der Waals surface area (Å²) >= 11 is 1.98. The smallest absolute Gasteiger partial charge is 0.264 e. The minimum absolute atomic E-state index is 0.00474. The summed E-state index contributed by atoms with van der Waals surface area (Å²) in [4.78, 5) is 5.16. The molecule has 0 atom stereocenters. The zero-order chi connectivity index (χ0) is 38.7. The van der Waals surface area contributed by atoms with Crippen LogP contribution in [0.3, 0.4) is 0 Å². The third-order valence-corrected chi connectivity index (χ3v) is 12.9. The van der Waals surface area contributed by atoms with Gasteiger partial charge in [-0.05, 0) is 115 Å². The summed E-state index contributed by atoms with van der Waals surface area (Å²) in [5, 5.41) is 1.34. The number of hydrogen-bond acceptors (Lipinski definition) is 3. The fourth-order valence-corrected chi connectivity index (χ4v) is 9.57. The first-order valence-electron chi connectivity index (χ1n) is 19.6. The predicted molar refractivity (Wildman–Crippen MR) is 241 cm³/mol. The van der Waals surface area contributed by atoms with Crippen molar-refractivity contribution in [3.63, 3.8) is 0 Å². The highest BCUT2D eigenvalue weighted by atomic mass is 32.1. The van der Waals surface area contributed by atoms with Crippen molar-refractivity contribution >= 4 is 84.0 Å². The van der Waals surface area contributed by atoms with Gasteiger partial charge < -0.3 is 9.80 Å². The van der Waals surface area contributed by atoms with E-state index < -0.39 is 0 Å². The molecule has 54 heavy (non-hydrogen) atoms. The molecule has 0 aliphatic carbocycles. The third kappa shape index (κ3) is 5.93. The van der Waals surface area contributed by atoms with E-state index in [1.807, 2.05) is 17.4 Å². The van der Waals surface area contributed by atoms with Gasteiger partial charge in [-0.1, -0.05) is 138 Å². The largest absolute Gasteiger partial charge is 0.311 e. The number of thiophene rings is 1. The van der Waals surface area contributed by atoms with Crippen LogP contribution in [0.25, 0.3) is 16.2 Å². The Morgan fingerprint density at radius 1 is 0.519 bits per heavy atom. The van der Waals surface area contributed by atoms with Gasteiger partial charge in [0.05, 0.1) is 5.69 Å². The summed E-state index contributed by atoms with van der Waals surface area (Å²) in [6.07, 6.45) is 1.93. The van der Waals surface area contributed by atoms with Crippen LogP contribution in [0.15, 0.2) is 104 Å². The Morgan fingerprint density at radius 2 is 1.02 bits per heavy atom. The van der Waals surface area contributed by atoms with E-state index in [1.54, 1.807) is 0 Å². The molecular formula is C50H55BN2S. The van der Waals surface area contributed by atoms with E-state index in [-0.39, 0.29) is 28.4 Å². The first kappa shape index (κ1) is 36.4. The Bertz CT molecular complexity index is 2440. The average Bonchev–Trinajstić information content (AvgIpc) is 3.48. The SMILES string of the molecule is C=Cc1ccc(N2c3ccc(C(C)(C)C)cc3B3c4sc5ccc(C(C)(C)C)cc5c4N(c4ccc(C(C)(C)C)cc4)c4cc(C(C)(C)C)cc2c43)cc1. The van der Waals surface area contributed by atoms with Crippen molar-refractivity contribution in [3.8, 4) is 0 Å². The van der Waals surface area contributed by atoms with E-state index in [4.69, 9.17) is 0 Å². The van der Waals surface area contributed by atoms with Crippen molar-refractivity contribution in [3.05, 3.63) is 131 Å². The second kappa shape index (κ2) is 12.2. The van der Waals surface area contributed by atoms with Gasteiger partial charge >= 0.3 is 0 Å². The number of rotatable bonds is 3. The second-order valence-corrected chi connectivity index (χ2v) is 20.8. The molecular weight excluding hydrogens is 671 g/mol. The second-order valence-electron chi connectivity index (χ2n) is 19.7. The lowest BCUT2D eigenvalue weighted by molar-refractivity contribution is 0.590. The van der Waals surface area contributed by atoms with Gasteiger partial charge in [0, 0.05) is 43.3 Å². The maximum Gasteiger partial charge on any atom is 0.264 e. The van der Waals surface area contributed by atoms with Crippen LogP contribution in [0.1, 0.15) is 111 Å². The third-order valence-electron chi connectivity index (χ3n) is 11.6. The molecule has 0 bridgehead atoms. The standard InChI is InChI=1S/C50H55BN2S/c1-14-31-15-21-36(22-16-31)52-40-25-19-34(49(8,9)10)28-39(40)51-44-41(52)29-35(50(11,12)13)30-42(44)53(37-23-17-32(18-24-37)47(2,3)4)45-38-27-33(48(5,6)7)20-26-43(38)54-46(45)51/h14-30H,1H2,2-13H3. The first-order chi connectivity index (χ1) is 25.3. The fourth-order valence-electron chi connectivity index (χ4n) is 8.27. The molecule has 8 rings (SSSR count). The van der Waals surface area contributed by atoms with Crippen molar-refractivity contribution in [2.45, 2.75) is 105 Å². The first-order valence-corrected chi connectivity index (χ1v) is 20.4. The van der Waals surface area contributed by atoms with E-state index in [0.29, 0.717) is 0 Å². The fraction of sp³-hybridized carbons (Fsp3) is 0.320. The normalized spacial score (nSPS) is 14.3. The van der Waals surface area contributed by atoms with Crippen molar-refractivity contribution < 1.29 is 0 Å². The minimum Gasteiger partial charge on any atom is -0.311 e. The highest BCUT2D eigenvalue weighted by molar-refractivity contribution is 7.33. The van der Waals surface area contributed by atoms with Gasteiger partial charge in [0.15, 0.2) is 0 Å². The van der Waals surface area contributed by atoms with Crippen molar-refractivity contribution in [1.82, 2.24) is 0 Å². The van der Waals surface area contributed by atoms with Crippen LogP contribution >= 0.6 is 11.3 Å². The predicted octanol–water partition coefficient (Wildman–Crippen LogP) is 12.8. The summed E-state index contributed by atoms with van der Waals surface area (Å²) in [7, 11) is 0. The number of benzene rings is 5. The Hall–Kier alpha value is -4.54. The van der Waals surface area contributed by atoms with Crippen molar-refractivity contribution in [1.29, 1.82) is 0 Å². The summed E-state index contributed by atoms with van der Waals surface area (Å²) in [6, 6.07) is 37.8. The molecule has 0 saturated carbocycles. The number of hydrogen-bond donors (Lipinski definition) is 0. The lowest BCUT2D eigenvalue weighted by Gasteiger charge is -2.44. The maximum atomic E-state index is 4.05. The number of anilines is 6. The topological polar surface area (TPSA) is 6.48 Å². The van der Waals surface area contributed by atoms with E-state index in [1.165, 1.54) is 76.5 Å². The van der Waals surface area contributed by atoms with Gasteiger partial charge in [-0.25, -0.2) is 0 Å². The van der Waals surface area contributed by atoms with Crippen LogP contribution in [0, 0.1) is 0 Å². The van der Waals surface area contributed by atoms with E-state index >= 15 is 0 Å². The molecule has 0 radical (unpaired) electrons. The summed E-state index contributed by atoms with van der Waals surface area (Å²) < 4.78 is 2.76. The van der Waals surface area contributed by atoms with Crippen molar-refractivity contribution in [2.24, 2.45) is 0 Å². The molecule has 2 nitrogen and oxygen atoms in total. The molecule has 0 amide bonds. The molecule has 6 aromatic rings. The van der Waals surface area contributed by atoms with Crippen LogP contribution < -0.4 is 25.5 Å². The zero-order valence-electron chi connectivity index (χ0n) is 34.4. The van der Waals surface area contributed by atoms with Gasteiger partial charge in [-0.2, -0.15) is 0 Å². The van der Waals surface area contributed by atoms with Crippen LogP contribution in [-0.2, 0) is 21.7 Å². The van der Waals surface area contributed by atoms with Gasteiger partial charge in [0.1, 0.15) is 0 Å². The Labute approximate surface area is 328 Å². The molecule has 3 heterocycles. The Morgan fingerprint density at radius 3 is 1.59 bits per heavy atom. The molecule has 1 aromatic heterocycles. The molecule has 274 valence electrons. The van der Waals surface area contributed by atoms with Crippen LogP contribution in [0.5, 0.6) is 0 Å². The van der Waals surface area contributed by atoms with Gasteiger partial charge in [0.25, 0.3) is 6.71 Å². The van der Waals surface area contributed by atoms with E-state index in [0.717, 1.165) is 11.3 Å². The van der Waals surface area contributed by atoms with E-state index in [2.05, 4.69) is 197 Å². The molecule has 2 aliphatic heterocycles. The van der Waals surface area contributed by atoms with Crippen molar-refractivity contribution in [2.75, 3.05) is 9.80 Å².